The maximum absolute atomic E-state index is 14.1. The van der Waals surface area contributed by atoms with E-state index in [9.17, 15) is 9.18 Å². The van der Waals surface area contributed by atoms with Gasteiger partial charge >= 0.3 is 0 Å². The van der Waals surface area contributed by atoms with E-state index in [4.69, 9.17) is 10.5 Å². The van der Waals surface area contributed by atoms with Crippen LogP contribution in [0.1, 0.15) is 35.5 Å². The van der Waals surface area contributed by atoms with Gasteiger partial charge in [-0.05, 0) is 24.5 Å². The SMILES string of the molecule is COCc1c(C(=O)NC(CN)CC(C)C)sc2cccc(F)c12.Cl. The molecule has 134 valence electrons. The van der Waals surface area contributed by atoms with E-state index in [2.05, 4.69) is 19.2 Å². The Labute approximate surface area is 152 Å². The van der Waals surface area contributed by atoms with Crippen LogP contribution in [0.2, 0.25) is 0 Å². The molecule has 0 bridgehead atoms. The van der Waals surface area contributed by atoms with Crippen LogP contribution in [0.25, 0.3) is 10.1 Å². The lowest BCUT2D eigenvalue weighted by Gasteiger charge is -2.18. The van der Waals surface area contributed by atoms with Crippen molar-refractivity contribution in [2.45, 2.75) is 32.9 Å². The first-order valence-corrected chi connectivity index (χ1v) is 8.49. The Kier molecular flexibility index (Phi) is 8.09. The largest absolute Gasteiger partial charge is 0.380 e. The normalized spacial score (nSPS) is 12.2. The number of methoxy groups -OCH3 is 1. The Morgan fingerprint density at radius 2 is 2.12 bits per heavy atom. The summed E-state index contributed by atoms with van der Waals surface area (Å²) in [6, 6.07) is 4.77. The molecule has 0 fully saturated rings. The lowest BCUT2D eigenvalue weighted by molar-refractivity contribution is 0.0933. The smallest absolute Gasteiger partial charge is 0.262 e. The molecule has 0 aliphatic carbocycles. The summed E-state index contributed by atoms with van der Waals surface area (Å²) < 4.78 is 20.1. The Bertz CT molecular complexity index is 691. The Balaban J connectivity index is 0.00000288. The second kappa shape index (κ2) is 9.32. The van der Waals surface area contributed by atoms with Gasteiger partial charge in [0.2, 0.25) is 0 Å². The van der Waals surface area contributed by atoms with E-state index in [0.29, 0.717) is 28.3 Å². The van der Waals surface area contributed by atoms with Crippen LogP contribution in [-0.4, -0.2) is 25.6 Å². The maximum Gasteiger partial charge on any atom is 0.262 e. The molecule has 7 heteroatoms. The Morgan fingerprint density at radius 1 is 1.42 bits per heavy atom. The topological polar surface area (TPSA) is 64.3 Å². The number of hydrogen-bond donors (Lipinski definition) is 2. The highest BCUT2D eigenvalue weighted by Crippen LogP contribution is 2.33. The highest BCUT2D eigenvalue weighted by atomic mass is 35.5. The molecule has 0 aliphatic heterocycles. The number of nitrogens with one attached hydrogen (secondary N) is 1. The zero-order valence-corrected chi connectivity index (χ0v) is 15.7. The molecule has 2 rings (SSSR count). The number of carbonyl (C=O) groups excluding carboxylic acids is 1. The van der Waals surface area contributed by atoms with E-state index in [1.54, 1.807) is 6.07 Å². The summed E-state index contributed by atoms with van der Waals surface area (Å²) in [7, 11) is 1.54. The fourth-order valence-electron chi connectivity index (χ4n) is 2.67. The molecule has 1 atom stereocenters. The monoisotopic (exact) mass is 374 g/mol. The fourth-order valence-corrected chi connectivity index (χ4v) is 3.79. The minimum Gasteiger partial charge on any atom is -0.380 e. The third kappa shape index (κ3) is 4.66. The molecule has 2 aromatic rings. The molecule has 1 amide bonds. The third-order valence-corrected chi connectivity index (χ3v) is 4.83. The van der Waals surface area contributed by atoms with Gasteiger partial charge in [0, 0.05) is 35.3 Å². The van der Waals surface area contributed by atoms with Gasteiger partial charge in [0.25, 0.3) is 5.91 Å². The standard InChI is InChI=1S/C17H23FN2O2S.ClH/c1-10(2)7-11(8-19)20-17(21)16-12(9-22-3)15-13(18)5-4-6-14(15)23-16;/h4-6,10-11H,7-9,19H2,1-3H3,(H,20,21);1H. The number of ether oxygens (including phenoxy) is 1. The zero-order chi connectivity index (χ0) is 17.0. The van der Waals surface area contributed by atoms with Gasteiger partial charge in [0.15, 0.2) is 0 Å². The van der Waals surface area contributed by atoms with E-state index < -0.39 is 0 Å². The summed E-state index contributed by atoms with van der Waals surface area (Å²) in [5.41, 5.74) is 6.35. The van der Waals surface area contributed by atoms with Gasteiger partial charge in [-0.3, -0.25) is 4.79 Å². The molecule has 1 aromatic carbocycles. The van der Waals surface area contributed by atoms with Crippen molar-refractivity contribution < 1.29 is 13.9 Å². The number of hydrogen-bond acceptors (Lipinski definition) is 4. The van der Waals surface area contributed by atoms with Crippen LogP contribution >= 0.6 is 23.7 Å². The summed E-state index contributed by atoms with van der Waals surface area (Å²) in [6.07, 6.45) is 0.807. The second-order valence-corrected chi connectivity index (χ2v) is 7.04. The van der Waals surface area contributed by atoms with Crippen molar-refractivity contribution in [2.75, 3.05) is 13.7 Å². The number of thiophene rings is 1. The highest BCUT2D eigenvalue weighted by molar-refractivity contribution is 7.21. The molecule has 0 aliphatic rings. The van der Waals surface area contributed by atoms with E-state index in [-0.39, 0.29) is 36.8 Å². The summed E-state index contributed by atoms with van der Waals surface area (Å²) in [5.74, 6) is -0.113. The summed E-state index contributed by atoms with van der Waals surface area (Å²) in [4.78, 5) is 13.1. The second-order valence-electron chi connectivity index (χ2n) is 5.99. The predicted molar refractivity (Wildman–Crippen MR) is 99.5 cm³/mol. The zero-order valence-electron chi connectivity index (χ0n) is 14.1. The molecule has 0 spiro atoms. The number of amides is 1. The lowest BCUT2D eigenvalue weighted by atomic mass is 10.0. The van der Waals surface area contributed by atoms with Crippen molar-refractivity contribution in [3.8, 4) is 0 Å². The molecule has 4 nitrogen and oxygen atoms in total. The van der Waals surface area contributed by atoms with Crippen molar-refractivity contribution in [3.63, 3.8) is 0 Å². The summed E-state index contributed by atoms with van der Waals surface area (Å²) in [6.45, 7) is 4.74. The van der Waals surface area contributed by atoms with Gasteiger partial charge in [-0.25, -0.2) is 4.39 Å². The molecule has 0 radical (unpaired) electrons. The van der Waals surface area contributed by atoms with Crippen molar-refractivity contribution in [3.05, 3.63) is 34.5 Å². The highest BCUT2D eigenvalue weighted by Gasteiger charge is 2.22. The van der Waals surface area contributed by atoms with Crippen molar-refractivity contribution in [2.24, 2.45) is 11.7 Å². The van der Waals surface area contributed by atoms with Crippen LogP contribution in [0.15, 0.2) is 18.2 Å². The first kappa shape index (κ1) is 20.8. The molecule has 1 aromatic heterocycles. The van der Waals surface area contributed by atoms with Crippen LogP contribution in [0.5, 0.6) is 0 Å². The fraction of sp³-hybridized carbons (Fsp3) is 0.471. The van der Waals surface area contributed by atoms with Gasteiger partial charge in [-0.15, -0.1) is 23.7 Å². The van der Waals surface area contributed by atoms with Crippen LogP contribution in [-0.2, 0) is 11.3 Å². The minimum atomic E-state index is -0.331. The quantitative estimate of drug-likeness (QED) is 0.776. The van der Waals surface area contributed by atoms with Gasteiger partial charge in [0.05, 0.1) is 11.5 Å². The van der Waals surface area contributed by atoms with Gasteiger partial charge < -0.3 is 15.8 Å². The number of benzene rings is 1. The van der Waals surface area contributed by atoms with Crippen LogP contribution in [0.3, 0.4) is 0 Å². The first-order chi connectivity index (χ1) is 11.0. The Morgan fingerprint density at radius 3 is 2.71 bits per heavy atom. The van der Waals surface area contributed by atoms with Gasteiger partial charge in [-0.2, -0.15) is 0 Å². The first-order valence-electron chi connectivity index (χ1n) is 7.67. The maximum atomic E-state index is 14.1. The van der Waals surface area contributed by atoms with Crippen molar-refractivity contribution in [1.82, 2.24) is 5.32 Å². The van der Waals surface area contributed by atoms with Crippen LogP contribution in [0.4, 0.5) is 4.39 Å². The number of halogens is 2. The number of carbonyl (C=O) groups is 1. The molecular formula is C17H24ClFN2O2S. The van der Waals surface area contributed by atoms with E-state index in [1.807, 2.05) is 6.07 Å². The van der Waals surface area contributed by atoms with E-state index in [1.165, 1.54) is 24.5 Å². The van der Waals surface area contributed by atoms with Crippen LogP contribution < -0.4 is 11.1 Å². The molecule has 1 heterocycles. The van der Waals surface area contributed by atoms with Crippen molar-refractivity contribution in [1.29, 1.82) is 0 Å². The molecule has 3 N–H and O–H groups in total. The summed E-state index contributed by atoms with van der Waals surface area (Å²) in [5, 5.41) is 3.43. The molecule has 24 heavy (non-hydrogen) atoms. The average molecular weight is 375 g/mol. The number of nitrogens with two attached hydrogens (primary N) is 1. The van der Waals surface area contributed by atoms with Crippen molar-refractivity contribution >= 4 is 39.7 Å². The Hall–Kier alpha value is -1.21. The van der Waals surface area contributed by atoms with E-state index in [0.717, 1.165) is 11.1 Å². The number of fused-ring (bicyclic) bond motifs is 1. The molecule has 1 unspecified atom stereocenters. The van der Waals surface area contributed by atoms with E-state index >= 15 is 0 Å². The predicted octanol–water partition coefficient (Wildman–Crippen LogP) is 3.71. The van der Waals surface area contributed by atoms with Crippen LogP contribution in [0, 0.1) is 11.7 Å². The lowest BCUT2D eigenvalue weighted by Crippen LogP contribution is -2.41. The van der Waals surface area contributed by atoms with Gasteiger partial charge in [0.1, 0.15) is 5.82 Å². The molecule has 0 saturated heterocycles. The summed E-state index contributed by atoms with van der Waals surface area (Å²) >= 11 is 1.28. The average Bonchev–Trinajstić information content (AvgIpc) is 2.86. The molecular weight excluding hydrogens is 351 g/mol. The molecule has 0 saturated carbocycles. The number of rotatable bonds is 7. The van der Waals surface area contributed by atoms with Gasteiger partial charge in [-0.1, -0.05) is 19.9 Å². The minimum absolute atomic E-state index is 0. The third-order valence-electron chi connectivity index (χ3n) is 3.63.